The van der Waals surface area contributed by atoms with Gasteiger partial charge in [0.25, 0.3) is 0 Å². The minimum atomic E-state index is -3.75. The highest BCUT2D eigenvalue weighted by Gasteiger charge is 2.30. The summed E-state index contributed by atoms with van der Waals surface area (Å²) in [6.07, 6.45) is 1.67. The lowest BCUT2D eigenvalue weighted by atomic mass is 10.1. The lowest BCUT2D eigenvalue weighted by Crippen LogP contribution is -2.50. The summed E-state index contributed by atoms with van der Waals surface area (Å²) >= 11 is 6.26. The Labute approximate surface area is 189 Å². The molecule has 0 aliphatic rings. The zero-order chi connectivity index (χ0) is 23.2. The number of halogens is 1. The molecule has 0 heterocycles. The number of amides is 2. The Bertz CT molecular complexity index is 1040. The minimum absolute atomic E-state index is 0.0696. The lowest BCUT2D eigenvalue weighted by molar-refractivity contribution is -0.139. The van der Waals surface area contributed by atoms with Gasteiger partial charge in [0.15, 0.2) is 0 Å². The number of sulfonamides is 1. The molecule has 9 heteroatoms. The number of aryl methyl sites for hydroxylation is 1. The summed E-state index contributed by atoms with van der Waals surface area (Å²) in [6, 6.07) is 13.2. The quantitative estimate of drug-likeness (QED) is 0.617. The average Bonchev–Trinajstić information content (AvgIpc) is 2.74. The van der Waals surface area contributed by atoms with Crippen LogP contribution in [0, 0.1) is 0 Å². The van der Waals surface area contributed by atoms with Crippen LogP contribution in [0.1, 0.15) is 25.0 Å². The van der Waals surface area contributed by atoms with Crippen LogP contribution in [0.2, 0.25) is 5.02 Å². The fourth-order valence-electron chi connectivity index (χ4n) is 3.25. The molecule has 7 nitrogen and oxygen atoms in total. The number of nitrogens with zero attached hydrogens (tertiary/aromatic N) is 2. The number of para-hydroxylation sites is 1. The highest BCUT2D eigenvalue weighted by atomic mass is 35.5. The van der Waals surface area contributed by atoms with Crippen molar-refractivity contribution in [2.75, 3.05) is 24.2 Å². The smallest absolute Gasteiger partial charge is 0.244 e. The summed E-state index contributed by atoms with van der Waals surface area (Å²) < 4.78 is 26.3. The molecule has 168 valence electrons. The first-order chi connectivity index (χ1) is 14.6. The van der Waals surface area contributed by atoms with Gasteiger partial charge in [-0.1, -0.05) is 54.9 Å². The first kappa shape index (κ1) is 24.7. The zero-order valence-corrected chi connectivity index (χ0v) is 19.7. The van der Waals surface area contributed by atoms with Crippen molar-refractivity contribution in [3.63, 3.8) is 0 Å². The molecule has 0 spiro atoms. The molecule has 1 N–H and O–H groups in total. The molecule has 2 aromatic carbocycles. The predicted octanol–water partition coefficient (Wildman–Crippen LogP) is 2.83. The second kappa shape index (κ2) is 10.6. The third-order valence-electron chi connectivity index (χ3n) is 5.03. The number of carbonyl (C=O) groups excluding carboxylic acids is 2. The topological polar surface area (TPSA) is 86.8 Å². The molecule has 0 aromatic heterocycles. The summed E-state index contributed by atoms with van der Waals surface area (Å²) in [4.78, 5) is 27.0. The first-order valence-electron chi connectivity index (χ1n) is 9.90. The molecule has 0 aliphatic heterocycles. The molecule has 0 unspecified atom stereocenters. The third-order valence-corrected chi connectivity index (χ3v) is 6.53. The largest absolute Gasteiger partial charge is 0.357 e. The van der Waals surface area contributed by atoms with Crippen LogP contribution in [0.25, 0.3) is 0 Å². The fraction of sp³-hybridized carbons (Fsp3) is 0.364. The molecular formula is C22H28ClN3O4S. The first-order valence-corrected chi connectivity index (χ1v) is 12.1. The van der Waals surface area contributed by atoms with E-state index >= 15 is 0 Å². The molecule has 0 saturated carbocycles. The van der Waals surface area contributed by atoms with Gasteiger partial charge in [-0.3, -0.25) is 13.9 Å². The van der Waals surface area contributed by atoms with E-state index in [1.165, 1.54) is 11.9 Å². The van der Waals surface area contributed by atoms with Crippen LogP contribution in [-0.2, 0) is 32.6 Å². The Morgan fingerprint density at radius 1 is 1.06 bits per heavy atom. The number of nitrogens with one attached hydrogen (secondary N) is 1. The van der Waals surface area contributed by atoms with Crippen LogP contribution in [-0.4, -0.2) is 51.0 Å². The lowest BCUT2D eigenvalue weighted by Gasteiger charge is -2.32. The highest BCUT2D eigenvalue weighted by Crippen LogP contribution is 2.24. The number of hydrogen-bond donors (Lipinski definition) is 1. The predicted molar refractivity (Wildman–Crippen MR) is 124 cm³/mol. The molecule has 2 aromatic rings. The van der Waals surface area contributed by atoms with Crippen LogP contribution in [0.5, 0.6) is 0 Å². The zero-order valence-electron chi connectivity index (χ0n) is 18.1. The van der Waals surface area contributed by atoms with E-state index in [4.69, 9.17) is 11.6 Å². The Morgan fingerprint density at radius 2 is 1.65 bits per heavy atom. The van der Waals surface area contributed by atoms with E-state index in [0.717, 1.165) is 16.1 Å². The molecule has 2 amide bonds. The van der Waals surface area contributed by atoms with E-state index in [2.05, 4.69) is 5.32 Å². The maximum atomic E-state index is 13.3. The monoisotopic (exact) mass is 465 g/mol. The van der Waals surface area contributed by atoms with E-state index in [0.29, 0.717) is 22.7 Å². The highest BCUT2D eigenvalue weighted by molar-refractivity contribution is 7.92. The second-order valence-electron chi connectivity index (χ2n) is 7.16. The van der Waals surface area contributed by atoms with Gasteiger partial charge in [-0.2, -0.15) is 0 Å². The van der Waals surface area contributed by atoms with Gasteiger partial charge >= 0.3 is 0 Å². The van der Waals surface area contributed by atoms with Gasteiger partial charge in [0.1, 0.15) is 12.6 Å². The fourth-order valence-corrected chi connectivity index (χ4v) is 4.33. The Balaban J connectivity index is 2.44. The van der Waals surface area contributed by atoms with Gasteiger partial charge in [-0.05, 0) is 36.6 Å². The number of benzene rings is 2. The van der Waals surface area contributed by atoms with Crippen molar-refractivity contribution in [1.29, 1.82) is 0 Å². The van der Waals surface area contributed by atoms with Crippen molar-refractivity contribution < 1.29 is 18.0 Å². The normalized spacial score (nSPS) is 12.2. The second-order valence-corrected chi connectivity index (χ2v) is 9.47. The summed E-state index contributed by atoms with van der Waals surface area (Å²) in [5, 5.41) is 3.00. The van der Waals surface area contributed by atoms with Crippen molar-refractivity contribution >= 4 is 39.1 Å². The summed E-state index contributed by atoms with van der Waals surface area (Å²) in [5.74, 6) is -0.868. The molecule has 0 radical (unpaired) electrons. The van der Waals surface area contributed by atoms with Crippen LogP contribution in [0.4, 0.5) is 5.69 Å². The van der Waals surface area contributed by atoms with E-state index in [1.807, 2.05) is 19.1 Å². The summed E-state index contributed by atoms with van der Waals surface area (Å²) in [7, 11) is -2.27. The molecular weight excluding hydrogens is 438 g/mol. The molecule has 1 atom stereocenters. The van der Waals surface area contributed by atoms with E-state index in [9.17, 15) is 18.0 Å². The number of hydrogen-bond acceptors (Lipinski definition) is 4. The third kappa shape index (κ3) is 6.21. The summed E-state index contributed by atoms with van der Waals surface area (Å²) in [5.41, 5.74) is 1.91. The average molecular weight is 466 g/mol. The number of carbonyl (C=O) groups is 2. The minimum Gasteiger partial charge on any atom is -0.357 e. The SMILES string of the molecule is CCc1ccccc1N(CC(=O)N(Cc1ccccc1Cl)[C@H](C)C(=O)NC)S(C)(=O)=O. The Hall–Kier alpha value is -2.58. The maximum absolute atomic E-state index is 13.3. The van der Waals surface area contributed by atoms with Crippen LogP contribution in [0.3, 0.4) is 0 Å². The van der Waals surface area contributed by atoms with Crippen molar-refractivity contribution in [2.45, 2.75) is 32.9 Å². The molecule has 0 saturated heterocycles. The maximum Gasteiger partial charge on any atom is 0.244 e. The molecule has 0 bridgehead atoms. The summed E-state index contributed by atoms with van der Waals surface area (Å²) in [6.45, 7) is 3.15. The van der Waals surface area contributed by atoms with Crippen LogP contribution < -0.4 is 9.62 Å². The number of rotatable bonds is 9. The van der Waals surface area contributed by atoms with E-state index < -0.39 is 28.5 Å². The van der Waals surface area contributed by atoms with E-state index in [1.54, 1.807) is 43.3 Å². The van der Waals surface area contributed by atoms with Crippen LogP contribution >= 0.6 is 11.6 Å². The molecule has 0 fully saturated rings. The molecule has 31 heavy (non-hydrogen) atoms. The van der Waals surface area contributed by atoms with Crippen molar-refractivity contribution in [3.8, 4) is 0 Å². The number of likely N-dealkylation sites (N-methyl/N-ethyl adjacent to an activating group) is 1. The Kier molecular flexibility index (Phi) is 8.47. The molecule has 2 rings (SSSR count). The molecule has 0 aliphatic carbocycles. The standard InChI is InChI=1S/C22H28ClN3O4S/c1-5-17-10-7-9-13-20(17)26(31(4,29)30)15-21(27)25(16(2)22(28)24-3)14-18-11-6-8-12-19(18)23/h6-13,16H,5,14-15H2,1-4H3,(H,24,28)/t16-/m1/s1. The van der Waals surface area contributed by atoms with Crippen LogP contribution in [0.15, 0.2) is 48.5 Å². The van der Waals surface area contributed by atoms with Crippen molar-refractivity contribution in [3.05, 3.63) is 64.7 Å². The Morgan fingerprint density at radius 3 is 2.19 bits per heavy atom. The van der Waals surface area contributed by atoms with Gasteiger partial charge in [-0.15, -0.1) is 0 Å². The van der Waals surface area contributed by atoms with Gasteiger partial charge in [0, 0.05) is 18.6 Å². The van der Waals surface area contributed by atoms with Gasteiger partial charge in [0.05, 0.1) is 11.9 Å². The van der Waals surface area contributed by atoms with Gasteiger partial charge in [0.2, 0.25) is 21.8 Å². The van der Waals surface area contributed by atoms with Crippen molar-refractivity contribution in [1.82, 2.24) is 10.2 Å². The van der Waals surface area contributed by atoms with Gasteiger partial charge in [-0.25, -0.2) is 8.42 Å². The van der Waals surface area contributed by atoms with Crippen molar-refractivity contribution in [2.24, 2.45) is 0 Å². The number of anilines is 1. The van der Waals surface area contributed by atoms with Gasteiger partial charge < -0.3 is 10.2 Å². The van der Waals surface area contributed by atoms with E-state index in [-0.39, 0.29) is 12.5 Å².